The van der Waals surface area contributed by atoms with Crippen molar-refractivity contribution in [3.8, 4) is 0 Å². The van der Waals surface area contributed by atoms with Crippen molar-refractivity contribution >= 4 is 0 Å². The van der Waals surface area contributed by atoms with Crippen LogP contribution in [0.15, 0.2) is 54.9 Å². The fourth-order valence-electron chi connectivity index (χ4n) is 2.63. The molecular formula is C15H18N2. The molecule has 0 aliphatic carbocycles. The molecule has 17 heavy (non-hydrogen) atoms. The predicted molar refractivity (Wildman–Crippen MR) is 69.8 cm³/mol. The lowest BCUT2D eigenvalue weighted by molar-refractivity contribution is 0.316. The van der Waals surface area contributed by atoms with E-state index in [1.54, 1.807) is 0 Å². The van der Waals surface area contributed by atoms with Gasteiger partial charge in [-0.1, -0.05) is 30.3 Å². The van der Waals surface area contributed by atoms with Crippen molar-refractivity contribution in [1.82, 2.24) is 9.47 Å². The van der Waals surface area contributed by atoms with Crippen molar-refractivity contribution in [2.45, 2.75) is 19.0 Å². The molecule has 1 saturated heterocycles. The monoisotopic (exact) mass is 226 g/mol. The number of nitrogens with zero attached hydrogens (tertiary/aromatic N) is 2. The van der Waals surface area contributed by atoms with Crippen LogP contribution in [0, 0.1) is 0 Å². The van der Waals surface area contributed by atoms with E-state index in [1.165, 1.54) is 25.1 Å². The van der Waals surface area contributed by atoms with Crippen molar-refractivity contribution in [2.24, 2.45) is 0 Å². The van der Waals surface area contributed by atoms with E-state index in [1.807, 2.05) is 0 Å². The van der Waals surface area contributed by atoms with Crippen molar-refractivity contribution in [2.75, 3.05) is 13.1 Å². The van der Waals surface area contributed by atoms with Gasteiger partial charge >= 0.3 is 0 Å². The summed E-state index contributed by atoms with van der Waals surface area (Å²) in [5.74, 6) is 0. The third-order valence-corrected chi connectivity index (χ3v) is 3.55. The average Bonchev–Trinajstić information content (AvgIpc) is 3.00. The minimum Gasteiger partial charge on any atom is -0.350 e. The Bertz CT molecular complexity index is 447. The zero-order valence-corrected chi connectivity index (χ0v) is 10.00. The van der Waals surface area contributed by atoms with E-state index in [-0.39, 0.29) is 0 Å². The Balaban J connectivity index is 1.61. The molecule has 2 heterocycles. The second-order valence-electron chi connectivity index (χ2n) is 4.79. The quantitative estimate of drug-likeness (QED) is 0.781. The molecular weight excluding hydrogens is 208 g/mol. The second kappa shape index (κ2) is 4.76. The molecule has 1 aromatic carbocycles. The van der Waals surface area contributed by atoms with Gasteiger partial charge < -0.3 is 4.57 Å². The number of likely N-dealkylation sites (tertiary alicyclic amines) is 1. The van der Waals surface area contributed by atoms with Crippen LogP contribution in [0.3, 0.4) is 0 Å². The van der Waals surface area contributed by atoms with Gasteiger partial charge in [0.05, 0.1) is 0 Å². The molecule has 0 N–H and O–H groups in total. The SMILES string of the molecule is c1ccc(CN2CC[C@@H](n3cccc3)C2)cc1. The molecule has 1 aromatic heterocycles. The van der Waals surface area contributed by atoms with Crippen molar-refractivity contribution < 1.29 is 0 Å². The molecule has 2 heteroatoms. The fourth-order valence-corrected chi connectivity index (χ4v) is 2.63. The average molecular weight is 226 g/mol. The summed E-state index contributed by atoms with van der Waals surface area (Å²) in [6.45, 7) is 3.46. The summed E-state index contributed by atoms with van der Waals surface area (Å²) in [7, 11) is 0. The summed E-state index contributed by atoms with van der Waals surface area (Å²) in [6.07, 6.45) is 5.62. The Kier molecular flexibility index (Phi) is 2.97. The fraction of sp³-hybridized carbons (Fsp3) is 0.333. The predicted octanol–water partition coefficient (Wildman–Crippen LogP) is 2.94. The smallest absolute Gasteiger partial charge is 0.0470 e. The van der Waals surface area contributed by atoms with Crippen LogP contribution in [0.25, 0.3) is 0 Å². The maximum atomic E-state index is 2.54. The number of aromatic nitrogens is 1. The lowest BCUT2D eigenvalue weighted by Crippen LogP contribution is -2.20. The molecule has 2 aromatic rings. The second-order valence-corrected chi connectivity index (χ2v) is 4.79. The Labute approximate surface area is 102 Å². The number of rotatable bonds is 3. The maximum Gasteiger partial charge on any atom is 0.0470 e. The van der Waals surface area contributed by atoms with E-state index in [2.05, 4.69) is 64.3 Å². The number of hydrogen-bond donors (Lipinski definition) is 0. The van der Waals surface area contributed by atoms with Crippen LogP contribution >= 0.6 is 0 Å². The normalized spacial score (nSPS) is 20.8. The Hall–Kier alpha value is -1.54. The minimum absolute atomic E-state index is 0.661. The van der Waals surface area contributed by atoms with E-state index in [0.717, 1.165) is 6.54 Å². The standard InChI is InChI=1S/C15H18N2/c1-2-6-14(7-3-1)12-16-11-8-15(13-16)17-9-4-5-10-17/h1-7,9-10,15H,8,11-13H2/t15-/m1/s1. The molecule has 88 valence electrons. The van der Waals surface area contributed by atoms with Crippen molar-refractivity contribution in [3.05, 3.63) is 60.4 Å². The van der Waals surface area contributed by atoms with Gasteiger partial charge in [0.2, 0.25) is 0 Å². The molecule has 0 unspecified atom stereocenters. The van der Waals surface area contributed by atoms with E-state index in [4.69, 9.17) is 0 Å². The van der Waals surface area contributed by atoms with Gasteiger partial charge in [0.15, 0.2) is 0 Å². The van der Waals surface area contributed by atoms with Gasteiger partial charge in [-0.25, -0.2) is 0 Å². The highest BCUT2D eigenvalue weighted by Gasteiger charge is 2.22. The zero-order chi connectivity index (χ0) is 11.5. The van der Waals surface area contributed by atoms with Crippen LogP contribution < -0.4 is 0 Å². The van der Waals surface area contributed by atoms with Gasteiger partial charge in [0.25, 0.3) is 0 Å². The first-order chi connectivity index (χ1) is 8.42. The van der Waals surface area contributed by atoms with Crippen LogP contribution in [-0.2, 0) is 6.54 Å². The summed E-state index contributed by atoms with van der Waals surface area (Å²) < 4.78 is 2.34. The third-order valence-electron chi connectivity index (χ3n) is 3.55. The molecule has 1 atom stereocenters. The van der Waals surface area contributed by atoms with Gasteiger partial charge in [-0.05, 0) is 24.1 Å². The first-order valence-electron chi connectivity index (χ1n) is 6.30. The highest BCUT2D eigenvalue weighted by atomic mass is 15.2. The molecule has 0 radical (unpaired) electrons. The summed E-state index contributed by atoms with van der Waals surface area (Å²) in [6, 6.07) is 15.6. The summed E-state index contributed by atoms with van der Waals surface area (Å²) in [4.78, 5) is 2.54. The number of benzene rings is 1. The first kappa shape index (κ1) is 10.6. The molecule has 3 rings (SSSR count). The van der Waals surface area contributed by atoms with Gasteiger partial charge in [-0.3, -0.25) is 4.90 Å². The first-order valence-corrected chi connectivity index (χ1v) is 6.30. The molecule has 0 saturated carbocycles. The highest BCUT2D eigenvalue weighted by molar-refractivity contribution is 5.14. The summed E-state index contributed by atoms with van der Waals surface area (Å²) in [5.41, 5.74) is 1.42. The van der Waals surface area contributed by atoms with Crippen molar-refractivity contribution in [3.63, 3.8) is 0 Å². The van der Waals surface area contributed by atoms with Gasteiger partial charge in [0, 0.05) is 38.1 Å². The van der Waals surface area contributed by atoms with Crippen LogP contribution in [0.5, 0.6) is 0 Å². The largest absolute Gasteiger partial charge is 0.350 e. The Morgan fingerprint density at radius 3 is 2.53 bits per heavy atom. The zero-order valence-electron chi connectivity index (χ0n) is 10.00. The van der Waals surface area contributed by atoms with Gasteiger partial charge in [-0.2, -0.15) is 0 Å². The summed E-state index contributed by atoms with van der Waals surface area (Å²) in [5, 5.41) is 0. The van der Waals surface area contributed by atoms with E-state index >= 15 is 0 Å². The van der Waals surface area contributed by atoms with Crippen molar-refractivity contribution in [1.29, 1.82) is 0 Å². The highest BCUT2D eigenvalue weighted by Crippen LogP contribution is 2.22. The molecule has 0 amide bonds. The maximum absolute atomic E-state index is 2.54. The van der Waals surface area contributed by atoms with E-state index in [9.17, 15) is 0 Å². The van der Waals surface area contributed by atoms with E-state index < -0.39 is 0 Å². The molecule has 2 nitrogen and oxygen atoms in total. The molecule has 1 aliphatic rings. The van der Waals surface area contributed by atoms with Crippen LogP contribution in [-0.4, -0.2) is 22.6 Å². The van der Waals surface area contributed by atoms with Gasteiger partial charge in [-0.15, -0.1) is 0 Å². The lowest BCUT2D eigenvalue weighted by Gasteiger charge is -2.16. The van der Waals surface area contributed by atoms with Crippen LogP contribution in [0.2, 0.25) is 0 Å². The van der Waals surface area contributed by atoms with Crippen LogP contribution in [0.4, 0.5) is 0 Å². The minimum atomic E-state index is 0.661. The molecule has 1 aliphatic heterocycles. The topological polar surface area (TPSA) is 8.17 Å². The molecule has 0 spiro atoms. The number of hydrogen-bond acceptors (Lipinski definition) is 1. The third kappa shape index (κ3) is 2.42. The Morgan fingerprint density at radius 2 is 1.76 bits per heavy atom. The lowest BCUT2D eigenvalue weighted by atomic mass is 10.2. The van der Waals surface area contributed by atoms with E-state index in [0.29, 0.717) is 6.04 Å². The summed E-state index contributed by atoms with van der Waals surface area (Å²) >= 11 is 0. The molecule has 1 fully saturated rings. The van der Waals surface area contributed by atoms with Gasteiger partial charge in [0.1, 0.15) is 0 Å². The Morgan fingerprint density at radius 1 is 1.00 bits per heavy atom. The molecule has 0 bridgehead atoms. The van der Waals surface area contributed by atoms with Crippen LogP contribution in [0.1, 0.15) is 18.0 Å².